The summed E-state index contributed by atoms with van der Waals surface area (Å²) in [6.07, 6.45) is 0. The van der Waals surface area contributed by atoms with E-state index in [1.807, 2.05) is 0 Å². The lowest BCUT2D eigenvalue weighted by Crippen LogP contribution is -2.24. The quantitative estimate of drug-likeness (QED) is 0.480. The van der Waals surface area contributed by atoms with Crippen LogP contribution in [0.3, 0.4) is 0 Å². The molecule has 2 rings (SSSR count). The summed E-state index contributed by atoms with van der Waals surface area (Å²) in [6, 6.07) is 5.93. The zero-order valence-corrected chi connectivity index (χ0v) is 12.7. The van der Waals surface area contributed by atoms with E-state index < -0.39 is 16.3 Å². The number of nitrogens with zero attached hydrogens (tertiary/aromatic N) is 3. The molecule has 108 valence electrons. The summed E-state index contributed by atoms with van der Waals surface area (Å²) in [5.74, 6) is -0.403. The number of carbonyl (C=O) groups is 1. The Labute approximate surface area is 127 Å². The van der Waals surface area contributed by atoms with E-state index in [1.165, 1.54) is 32.2 Å². The van der Waals surface area contributed by atoms with E-state index in [4.69, 9.17) is 0 Å². The van der Waals surface area contributed by atoms with Crippen molar-refractivity contribution in [2.75, 3.05) is 0 Å². The number of rotatable bonds is 3. The summed E-state index contributed by atoms with van der Waals surface area (Å²) in [5, 5.41) is 15.1. The highest BCUT2D eigenvalue weighted by Gasteiger charge is 2.24. The Morgan fingerprint density at radius 2 is 2.00 bits per heavy atom. The van der Waals surface area contributed by atoms with Crippen molar-refractivity contribution in [1.29, 1.82) is 0 Å². The molecule has 0 radical (unpaired) electrons. The predicted octanol–water partition coefficient (Wildman–Crippen LogP) is 2.32. The van der Waals surface area contributed by atoms with Crippen LogP contribution >= 0.6 is 15.9 Å². The van der Waals surface area contributed by atoms with E-state index in [1.54, 1.807) is 6.07 Å². The van der Waals surface area contributed by atoms with Crippen molar-refractivity contribution >= 4 is 27.4 Å². The maximum Gasteiger partial charge on any atom is 0.281 e. The van der Waals surface area contributed by atoms with Crippen LogP contribution in [0, 0.1) is 10.1 Å². The molecule has 0 saturated heterocycles. The lowest BCUT2D eigenvalue weighted by atomic mass is 10.0. The van der Waals surface area contributed by atoms with Crippen molar-refractivity contribution < 1.29 is 9.72 Å². The number of hydrogen-bond acceptors (Lipinski definition) is 5. The lowest BCUT2D eigenvalue weighted by Gasteiger charge is -2.10. The van der Waals surface area contributed by atoms with E-state index >= 15 is 0 Å². The van der Waals surface area contributed by atoms with Gasteiger partial charge in [0.25, 0.3) is 11.2 Å². The van der Waals surface area contributed by atoms with Crippen molar-refractivity contribution in [3.8, 4) is 11.3 Å². The smallest absolute Gasteiger partial charge is 0.281 e. The minimum absolute atomic E-state index is 0.0346. The minimum Gasteiger partial charge on any atom is -0.294 e. The van der Waals surface area contributed by atoms with Crippen LogP contribution in [0.15, 0.2) is 33.5 Å². The third kappa shape index (κ3) is 2.62. The first-order valence-corrected chi connectivity index (χ1v) is 6.65. The van der Waals surface area contributed by atoms with Crippen molar-refractivity contribution in [1.82, 2.24) is 9.78 Å². The van der Waals surface area contributed by atoms with Crippen LogP contribution in [-0.2, 0) is 7.05 Å². The van der Waals surface area contributed by atoms with E-state index in [0.29, 0.717) is 0 Å². The highest BCUT2D eigenvalue weighted by molar-refractivity contribution is 9.10. The van der Waals surface area contributed by atoms with Crippen molar-refractivity contribution in [3.05, 3.63) is 54.8 Å². The number of para-hydroxylation sites is 1. The van der Waals surface area contributed by atoms with Crippen LogP contribution in [0.1, 0.15) is 17.3 Å². The van der Waals surface area contributed by atoms with Crippen LogP contribution in [-0.4, -0.2) is 20.5 Å². The molecule has 0 amide bonds. The maximum atomic E-state index is 11.9. The number of benzene rings is 1. The minimum atomic E-state index is -0.556. The molecule has 0 atom stereocenters. The van der Waals surface area contributed by atoms with Gasteiger partial charge in [0, 0.05) is 13.1 Å². The second-order valence-electron chi connectivity index (χ2n) is 4.30. The molecular weight excluding hydrogens is 342 g/mol. The van der Waals surface area contributed by atoms with Crippen LogP contribution in [0.2, 0.25) is 0 Å². The zero-order valence-electron chi connectivity index (χ0n) is 11.2. The summed E-state index contributed by atoms with van der Waals surface area (Å²) in [4.78, 5) is 34.3. The van der Waals surface area contributed by atoms with Gasteiger partial charge in [-0.2, -0.15) is 5.10 Å². The fourth-order valence-electron chi connectivity index (χ4n) is 1.94. The van der Waals surface area contributed by atoms with Crippen LogP contribution in [0.5, 0.6) is 0 Å². The summed E-state index contributed by atoms with van der Waals surface area (Å²) >= 11 is 3.08. The summed E-state index contributed by atoms with van der Waals surface area (Å²) < 4.78 is 1.07. The highest BCUT2D eigenvalue weighted by Crippen LogP contribution is 2.32. The Bertz CT molecular complexity index is 814. The Hall–Kier alpha value is -2.35. The molecule has 1 aromatic carbocycles. The van der Waals surface area contributed by atoms with Gasteiger partial charge in [0.15, 0.2) is 5.78 Å². The Morgan fingerprint density at radius 3 is 2.57 bits per heavy atom. The molecule has 7 nitrogen and oxygen atoms in total. The Balaban J connectivity index is 2.91. The van der Waals surface area contributed by atoms with Gasteiger partial charge >= 0.3 is 0 Å². The molecule has 0 aliphatic rings. The molecule has 0 saturated carbocycles. The van der Waals surface area contributed by atoms with Crippen molar-refractivity contribution in [3.63, 3.8) is 0 Å². The molecular formula is C13H10BrN3O4. The standard InChI is InChI=1S/C13H10BrN3O4/c1-7(18)10-11(14)13(19)16(2)15-12(10)8-5-3-4-6-9(8)17(20)21/h3-6H,1-2H3. The van der Waals surface area contributed by atoms with Gasteiger partial charge in [-0.1, -0.05) is 12.1 Å². The fourth-order valence-corrected chi connectivity index (χ4v) is 2.66. The molecule has 0 fully saturated rings. The molecule has 0 aliphatic carbocycles. The number of aryl methyl sites for hydroxylation is 1. The molecule has 0 bridgehead atoms. The molecule has 8 heteroatoms. The maximum absolute atomic E-state index is 11.9. The lowest BCUT2D eigenvalue weighted by molar-refractivity contribution is -0.384. The summed E-state index contributed by atoms with van der Waals surface area (Å²) in [7, 11) is 1.41. The number of aromatic nitrogens is 2. The van der Waals surface area contributed by atoms with Gasteiger partial charge in [0.2, 0.25) is 0 Å². The number of halogens is 1. The van der Waals surface area contributed by atoms with Gasteiger partial charge in [-0.15, -0.1) is 0 Å². The monoisotopic (exact) mass is 351 g/mol. The zero-order chi connectivity index (χ0) is 15.7. The molecule has 2 aromatic rings. The van der Waals surface area contributed by atoms with Crippen LogP contribution < -0.4 is 5.56 Å². The molecule has 0 spiro atoms. The first kappa shape index (κ1) is 15.0. The third-order valence-electron chi connectivity index (χ3n) is 2.90. The van der Waals surface area contributed by atoms with Gasteiger partial charge in [0.05, 0.1) is 20.5 Å². The molecule has 0 N–H and O–H groups in total. The average Bonchev–Trinajstić information content (AvgIpc) is 2.43. The van der Waals surface area contributed by atoms with E-state index in [0.717, 1.165) is 4.68 Å². The van der Waals surface area contributed by atoms with Crippen LogP contribution in [0.4, 0.5) is 5.69 Å². The number of nitro groups is 1. The van der Waals surface area contributed by atoms with Gasteiger partial charge in [0.1, 0.15) is 5.69 Å². The highest BCUT2D eigenvalue weighted by atomic mass is 79.9. The number of ketones is 1. The largest absolute Gasteiger partial charge is 0.294 e. The third-order valence-corrected chi connectivity index (χ3v) is 3.63. The topological polar surface area (TPSA) is 95.1 Å². The molecule has 1 heterocycles. The van der Waals surface area contributed by atoms with Crippen LogP contribution in [0.25, 0.3) is 11.3 Å². The van der Waals surface area contributed by atoms with E-state index in [-0.39, 0.29) is 27.0 Å². The number of carbonyl (C=O) groups excluding carboxylic acids is 1. The molecule has 0 aliphatic heterocycles. The van der Waals surface area contributed by atoms with Gasteiger partial charge in [-0.3, -0.25) is 19.7 Å². The molecule has 0 unspecified atom stereocenters. The molecule has 1 aromatic heterocycles. The first-order chi connectivity index (χ1) is 9.84. The Morgan fingerprint density at radius 1 is 1.38 bits per heavy atom. The van der Waals surface area contributed by atoms with Gasteiger partial charge in [-0.25, -0.2) is 4.68 Å². The summed E-state index contributed by atoms with van der Waals surface area (Å²) in [5.41, 5.74) is -0.347. The predicted molar refractivity (Wildman–Crippen MR) is 79.3 cm³/mol. The van der Waals surface area contributed by atoms with E-state index in [9.17, 15) is 19.7 Å². The Kier molecular flexibility index (Phi) is 3.99. The second-order valence-corrected chi connectivity index (χ2v) is 5.09. The van der Waals surface area contributed by atoms with Crippen molar-refractivity contribution in [2.24, 2.45) is 7.05 Å². The first-order valence-electron chi connectivity index (χ1n) is 5.86. The fraction of sp³-hybridized carbons (Fsp3) is 0.154. The summed E-state index contributed by atoms with van der Waals surface area (Å²) in [6.45, 7) is 1.28. The number of nitro benzene ring substituents is 1. The van der Waals surface area contributed by atoms with Gasteiger partial charge in [-0.05, 0) is 28.9 Å². The van der Waals surface area contributed by atoms with Gasteiger partial charge < -0.3 is 0 Å². The number of hydrogen-bond donors (Lipinski definition) is 0. The average molecular weight is 352 g/mol. The number of Topliss-reactive ketones (excluding diaryl/α,β-unsaturated/α-hetero) is 1. The molecule has 21 heavy (non-hydrogen) atoms. The second kappa shape index (κ2) is 5.57. The van der Waals surface area contributed by atoms with Crippen molar-refractivity contribution in [2.45, 2.75) is 6.92 Å². The SMILES string of the molecule is CC(=O)c1c(-c2ccccc2[N+](=O)[O-])nn(C)c(=O)c1Br. The van der Waals surface area contributed by atoms with E-state index in [2.05, 4.69) is 21.0 Å². The normalized spacial score (nSPS) is 10.4.